The fourth-order valence-corrected chi connectivity index (χ4v) is 2.56. The van der Waals surface area contributed by atoms with Crippen molar-refractivity contribution in [3.8, 4) is 0 Å². The van der Waals surface area contributed by atoms with Crippen LogP contribution in [0.1, 0.15) is 5.56 Å². The number of ether oxygens (including phenoxy) is 1. The van der Waals surface area contributed by atoms with Crippen LogP contribution in [0, 0.1) is 10.1 Å². The topological polar surface area (TPSA) is 67.6 Å². The zero-order valence-electron chi connectivity index (χ0n) is 11.3. The first-order chi connectivity index (χ1) is 9.56. The molecule has 1 aliphatic heterocycles. The summed E-state index contributed by atoms with van der Waals surface area (Å²) in [6.07, 6.45) is 0.142. The van der Waals surface area contributed by atoms with Crippen molar-refractivity contribution in [2.45, 2.75) is 12.6 Å². The van der Waals surface area contributed by atoms with E-state index in [4.69, 9.17) is 4.74 Å². The van der Waals surface area contributed by atoms with Crippen molar-refractivity contribution in [2.75, 3.05) is 33.3 Å². The second-order valence-electron chi connectivity index (χ2n) is 4.92. The summed E-state index contributed by atoms with van der Waals surface area (Å²) in [4.78, 5) is 12.9. The number of nitro benzene ring substituents is 1. The Balaban J connectivity index is 1.89. The van der Waals surface area contributed by atoms with Crippen LogP contribution < -0.4 is 5.32 Å². The predicted molar refractivity (Wildman–Crippen MR) is 79.7 cm³/mol. The monoisotopic (exact) mass is 343 g/mol. The van der Waals surface area contributed by atoms with Gasteiger partial charge in [0.2, 0.25) is 0 Å². The Hall–Kier alpha value is -1.02. The smallest absolute Gasteiger partial charge is 0.275 e. The first-order valence-electron chi connectivity index (χ1n) is 6.50. The van der Waals surface area contributed by atoms with Gasteiger partial charge in [0.1, 0.15) is 0 Å². The largest absolute Gasteiger partial charge is 0.374 e. The molecule has 7 heteroatoms. The number of benzene rings is 1. The van der Waals surface area contributed by atoms with Gasteiger partial charge in [0.05, 0.1) is 17.6 Å². The highest BCUT2D eigenvalue weighted by atomic mass is 79.9. The molecule has 0 aliphatic carbocycles. The van der Waals surface area contributed by atoms with Crippen LogP contribution in [0.2, 0.25) is 0 Å². The minimum atomic E-state index is -0.355. The highest BCUT2D eigenvalue weighted by molar-refractivity contribution is 9.10. The molecule has 0 bridgehead atoms. The quantitative estimate of drug-likeness (QED) is 0.651. The fraction of sp³-hybridized carbons (Fsp3) is 0.538. The summed E-state index contributed by atoms with van der Waals surface area (Å²) in [5.41, 5.74) is 0.816. The Morgan fingerprint density at radius 3 is 3.10 bits per heavy atom. The molecule has 2 rings (SSSR count). The highest BCUT2D eigenvalue weighted by Crippen LogP contribution is 2.23. The van der Waals surface area contributed by atoms with Crippen LogP contribution in [-0.2, 0) is 11.3 Å². The molecule has 1 atom stereocenters. The van der Waals surface area contributed by atoms with Gasteiger partial charge in [-0.2, -0.15) is 0 Å². The Morgan fingerprint density at radius 2 is 2.40 bits per heavy atom. The molecule has 1 fully saturated rings. The second kappa shape index (κ2) is 7.12. The van der Waals surface area contributed by atoms with E-state index >= 15 is 0 Å². The molecule has 0 aromatic heterocycles. The van der Waals surface area contributed by atoms with Gasteiger partial charge in [0.25, 0.3) is 5.69 Å². The van der Waals surface area contributed by atoms with Crippen LogP contribution in [0.4, 0.5) is 5.69 Å². The van der Waals surface area contributed by atoms with Gasteiger partial charge in [0, 0.05) is 42.3 Å². The standard InChI is InChI=1S/C13H18BrN3O3/c1-16-4-5-20-12(9-16)8-15-7-10-2-3-11(14)6-13(10)17(18)19/h2-3,6,12,15H,4-5,7-9H2,1H3. The van der Waals surface area contributed by atoms with Crippen molar-refractivity contribution >= 4 is 21.6 Å². The first kappa shape index (κ1) is 15.4. The molecule has 1 aliphatic rings. The summed E-state index contributed by atoms with van der Waals surface area (Å²) in [6, 6.07) is 5.11. The molecule has 6 nitrogen and oxygen atoms in total. The number of nitrogens with one attached hydrogen (secondary N) is 1. The number of nitrogens with zero attached hydrogens (tertiary/aromatic N) is 2. The van der Waals surface area contributed by atoms with Gasteiger partial charge in [0.15, 0.2) is 0 Å². The van der Waals surface area contributed by atoms with E-state index in [1.165, 1.54) is 6.07 Å². The molecule has 1 saturated heterocycles. The van der Waals surface area contributed by atoms with Crippen molar-refractivity contribution in [2.24, 2.45) is 0 Å². The molecular weight excluding hydrogens is 326 g/mol. The van der Waals surface area contributed by atoms with Crippen molar-refractivity contribution in [1.82, 2.24) is 10.2 Å². The van der Waals surface area contributed by atoms with Crippen LogP contribution in [0.15, 0.2) is 22.7 Å². The van der Waals surface area contributed by atoms with Crippen LogP contribution in [0.5, 0.6) is 0 Å². The average molecular weight is 344 g/mol. The number of morpholine rings is 1. The number of hydrogen-bond donors (Lipinski definition) is 1. The lowest BCUT2D eigenvalue weighted by atomic mass is 10.2. The number of halogens is 1. The Kier molecular flexibility index (Phi) is 5.47. The minimum Gasteiger partial charge on any atom is -0.374 e. The van der Waals surface area contributed by atoms with E-state index in [0.29, 0.717) is 23.1 Å². The average Bonchev–Trinajstić information content (AvgIpc) is 2.40. The third-order valence-electron chi connectivity index (χ3n) is 3.27. The molecule has 0 radical (unpaired) electrons. The summed E-state index contributed by atoms with van der Waals surface area (Å²) in [6.45, 7) is 3.73. The molecule has 0 saturated carbocycles. The Morgan fingerprint density at radius 1 is 1.60 bits per heavy atom. The lowest BCUT2D eigenvalue weighted by molar-refractivity contribution is -0.385. The summed E-state index contributed by atoms with van der Waals surface area (Å²) < 4.78 is 6.35. The molecule has 20 heavy (non-hydrogen) atoms. The lowest BCUT2D eigenvalue weighted by Crippen LogP contribution is -2.44. The molecule has 1 N–H and O–H groups in total. The molecule has 0 amide bonds. The minimum absolute atomic E-state index is 0.133. The van der Waals surface area contributed by atoms with Crippen LogP contribution >= 0.6 is 15.9 Å². The van der Waals surface area contributed by atoms with Gasteiger partial charge >= 0.3 is 0 Å². The van der Waals surface area contributed by atoms with Gasteiger partial charge in [-0.25, -0.2) is 0 Å². The number of rotatable bonds is 5. The van der Waals surface area contributed by atoms with E-state index in [1.54, 1.807) is 6.07 Å². The summed E-state index contributed by atoms with van der Waals surface area (Å²) >= 11 is 3.25. The van der Waals surface area contributed by atoms with Crippen LogP contribution in [0.3, 0.4) is 0 Å². The molecule has 1 heterocycles. The molecule has 0 spiro atoms. The van der Waals surface area contributed by atoms with Crippen molar-refractivity contribution in [3.63, 3.8) is 0 Å². The zero-order valence-corrected chi connectivity index (χ0v) is 12.9. The molecular formula is C13H18BrN3O3. The molecule has 1 unspecified atom stereocenters. The Labute approximate surface area is 126 Å². The number of nitro groups is 1. The van der Waals surface area contributed by atoms with Gasteiger partial charge in [-0.15, -0.1) is 0 Å². The van der Waals surface area contributed by atoms with E-state index in [2.05, 4.69) is 33.2 Å². The Bertz CT molecular complexity index is 484. The van der Waals surface area contributed by atoms with Gasteiger partial charge < -0.3 is 15.0 Å². The zero-order chi connectivity index (χ0) is 14.5. The van der Waals surface area contributed by atoms with Gasteiger partial charge in [-0.05, 0) is 19.2 Å². The maximum atomic E-state index is 11.0. The predicted octanol–water partition coefficient (Wildman–Crippen LogP) is 1.78. The SMILES string of the molecule is CN1CCOC(CNCc2ccc(Br)cc2[N+](=O)[O-])C1. The first-order valence-corrected chi connectivity index (χ1v) is 7.29. The summed E-state index contributed by atoms with van der Waals surface area (Å²) in [5, 5.41) is 14.2. The van der Waals surface area contributed by atoms with E-state index in [0.717, 1.165) is 19.7 Å². The van der Waals surface area contributed by atoms with Crippen LogP contribution in [0.25, 0.3) is 0 Å². The van der Waals surface area contributed by atoms with Gasteiger partial charge in [-0.1, -0.05) is 15.9 Å². The van der Waals surface area contributed by atoms with Gasteiger partial charge in [-0.3, -0.25) is 10.1 Å². The van der Waals surface area contributed by atoms with E-state index in [-0.39, 0.29) is 16.7 Å². The van der Waals surface area contributed by atoms with E-state index in [1.807, 2.05) is 6.07 Å². The van der Waals surface area contributed by atoms with Crippen molar-refractivity contribution < 1.29 is 9.66 Å². The number of hydrogen-bond acceptors (Lipinski definition) is 5. The normalized spacial score (nSPS) is 20.0. The number of likely N-dealkylation sites (N-methyl/N-ethyl adjacent to an activating group) is 1. The van der Waals surface area contributed by atoms with E-state index in [9.17, 15) is 10.1 Å². The van der Waals surface area contributed by atoms with E-state index < -0.39 is 0 Å². The third kappa shape index (κ3) is 4.24. The maximum Gasteiger partial charge on any atom is 0.275 e. The van der Waals surface area contributed by atoms with Crippen LogP contribution in [-0.4, -0.2) is 49.2 Å². The molecule has 1 aromatic rings. The highest BCUT2D eigenvalue weighted by Gasteiger charge is 2.18. The summed E-state index contributed by atoms with van der Waals surface area (Å²) in [5.74, 6) is 0. The lowest BCUT2D eigenvalue weighted by Gasteiger charge is -2.30. The molecule has 1 aromatic carbocycles. The maximum absolute atomic E-state index is 11.0. The summed E-state index contributed by atoms with van der Waals surface area (Å²) in [7, 11) is 2.06. The third-order valence-corrected chi connectivity index (χ3v) is 3.77. The van der Waals surface area contributed by atoms with Crippen molar-refractivity contribution in [1.29, 1.82) is 0 Å². The second-order valence-corrected chi connectivity index (χ2v) is 5.83. The van der Waals surface area contributed by atoms with Crippen molar-refractivity contribution in [3.05, 3.63) is 38.3 Å². The molecule has 110 valence electrons. The fourth-order valence-electron chi connectivity index (χ4n) is 2.21.